The van der Waals surface area contributed by atoms with E-state index in [1.165, 1.54) is 0 Å². The van der Waals surface area contributed by atoms with Gasteiger partial charge in [0.05, 0.1) is 12.5 Å². The van der Waals surface area contributed by atoms with Crippen molar-refractivity contribution >= 4 is 18.3 Å². The standard InChI is InChI=1S/C13H26N2O2.ClH/c1-4-12(5-2)15(8-9-17-3)13(16)11-6-7-14-10-11;/h11-12,14H,4-10H2,1-3H3;1H. The number of amides is 1. The molecule has 0 spiro atoms. The van der Waals surface area contributed by atoms with E-state index in [4.69, 9.17) is 4.74 Å². The molecule has 18 heavy (non-hydrogen) atoms. The predicted octanol–water partition coefficient (Wildman–Crippen LogP) is 1.68. The molecule has 0 radical (unpaired) electrons. The Morgan fingerprint density at radius 2 is 2.11 bits per heavy atom. The Labute approximate surface area is 117 Å². The van der Waals surface area contributed by atoms with Crippen molar-refractivity contribution in [2.24, 2.45) is 5.92 Å². The number of nitrogens with one attached hydrogen (secondary N) is 1. The molecule has 1 atom stereocenters. The zero-order valence-corrected chi connectivity index (χ0v) is 12.6. The van der Waals surface area contributed by atoms with Crippen molar-refractivity contribution in [2.75, 3.05) is 33.4 Å². The zero-order chi connectivity index (χ0) is 12.7. The summed E-state index contributed by atoms with van der Waals surface area (Å²) in [4.78, 5) is 14.5. The second kappa shape index (κ2) is 9.59. The number of nitrogens with zero attached hydrogens (tertiary/aromatic N) is 1. The molecule has 1 N–H and O–H groups in total. The third-order valence-electron chi connectivity index (χ3n) is 3.61. The maximum atomic E-state index is 12.4. The van der Waals surface area contributed by atoms with Gasteiger partial charge in [0.15, 0.2) is 0 Å². The number of rotatable bonds is 7. The highest BCUT2D eigenvalue weighted by molar-refractivity contribution is 5.85. The van der Waals surface area contributed by atoms with Gasteiger partial charge in [0.25, 0.3) is 0 Å². The summed E-state index contributed by atoms with van der Waals surface area (Å²) in [7, 11) is 1.69. The van der Waals surface area contributed by atoms with Crippen molar-refractivity contribution in [3.8, 4) is 0 Å². The minimum Gasteiger partial charge on any atom is -0.383 e. The van der Waals surface area contributed by atoms with Gasteiger partial charge in [0.2, 0.25) is 5.91 Å². The van der Waals surface area contributed by atoms with E-state index >= 15 is 0 Å². The Bertz CT molecular complexity index is 229. The summed E-state index contributed by atoms with van der Waals surface area (Å²) in [5.41, 5.74) is 0. The summed E-state index contributed by atoms with van der Waals surface area (Å²) in [5.74, 6) is 0.480. The molecule has 1 fully saturated rings. The molecule has 0 saturated carbocycles. The van der Waals surface area contributed by atoms with Gasteiger partial charge in [-0.2, -0.15) is 0 Å². The van der Waals surface area contributed by atoms with E-state index in [1.807, 2.05) is 4.90 Å². The average Bonchev–Trinajstić information content (AvgIpc) is 2.87. The fraction of sp³-hybridized carbons (Fsp3) is 0.923. The molecule has 1 amide bonds. The van der Waals surface area contributed by atoms with Crippen LogP contribution >= 0.6 is 12.4 Å². The first-order valence-corrected chi connectivity index (χ1v) is 6.74. The Morgan fingerprint density at radius 1 is 1.44 bits per heavy atom. The molecule has 108 valence electrons. The van der Waals surface area contributed by atoms with E-state index in [9.17, 15) is 4.79 Å². The van der Waals surface area contributed by atoms with E-state index < -0.39 is 0 Å². The molecule has 5 heteroatoms. The summed E-state index contributed by atoms with van der Waals surface area (Å²) in [5, 5.41) is 3.26. The highest BCUT2D eigenvalue weighted by Crippen LogP contribution is 2.17. The van der Waals surface area contributed by atoms with Crippen LogP contribution in [0.3, 0.4) is 0 Å². The Hall–Kier alpha value is -0.320. The molecule has 1 rings (SSSR count). The second-order valence-electron chi connectivity index (χ2n) is 4.68. The first-order valence-electron chi connectivity index (χ1n) is 6.74. The van der Waals surface area contributed by atoms with Gasteiger partial charge >= 0.3 is 0 Å². The maximum Gasteiger partial charge on any atom is 0.227 e. The van der Waals surface area contributed by atoms with Crippen LogP contribution in [0.4, 0.5) is 0 Å². The molecular formula is C13H27ClN2O2. The third-order valence-corrected chi connectivity index (χ3v) is 3.61. The van der Waals surface area contributed by atoms with Crippen LogP contribution in [0.2, 0.25) is 0 Å². The van der Waals surface area contributed by atoms with E-state index in [-0.39, 0.29) is 18.3 Å². The molecule has 1 saturated heterocycles. The van der Waals surface area contributed by atoms with E-state index in [2.05, 4.69) is 19.2 Å². The van der Waals surface area contributed by atoms with Crippen molar-refractivity contribution < 1.29 is 9.53 Å². The van der Waals surface area contributed by atoms with Gasteiger partial charge in [-0.3, -0.25) is 4.79 Å². The minimum absolute atomic E-state index is 0. The van der Waals surface area contributed by atoms with Gasteiger partial charge in [-0.15, -0.1) is 12.4 Å². The van der Waals surface area contributed by atoms with Gasteiger partial charge in [0.1, 0.15) is 0 Å². The average molecular weight is 279 g/mol. The van der Waals surface area contributed by atoms with Crippen molar-refractivity contribution in [3.63, 3.8) is 0 Å². The summed E-state index contributed by atoms with van der Waals surface area (Å²) in [6.07, 6.45) is 3.01. The summed E-state index contributed by atoms with van der Waals surface area (Å²) in [6, 6.07) is 0.359. The monoisotopic (exact) mass is 278 g/mol. The van der Waals surface area contributed by atoms with Crippen LogP contribution in [-0.2, 0) is 9.53 Å². The second-order valence-corrected chi connectivity index (χ2v) is 4.68. The first kappa shape index (κ1) is 17.7. The lowest BCUT2D eigenvalue weighted by Crippen LogP contribution is -2.45. The highest BCUT2D eigenvalue weighted by atomic mass is 35.5. The van der Waals surface area contributed by atoms with E-state index in [1.54, 1.807) is 7.11 Å². The molecule has 0 aromatic rings. The van der Waals surface area contributed by atoms with Gasteiger partial charge in [-0.25, -0.2) is 0 Å². The Morgan fingerprint density at radius 3 is 2.56 bits per heavy atom. The Kier molecular flexibility index (Phi) is 9.42. The van der Waals surface area contributed by atoms with Crippen molar-refractivity contribution in [1.29, 1.82) is 0 Å². The van der Waals surface area contributed by atoms with Gasteiger partial charge in [-0.1, -0.05) is 13.8 Å². The zero-order valence-electron chi connectivity index (χ0n) is 11.8. The SMILES string of the molecule is CCC(CC)N(CCOC)C(=O)C1CCNC1.Cl. The number of hydrogen-bond donors (Lipinski definition) is 1. The topological polar surface area (TPSA) is 41.6 Å². The smallest absolute Gasteiger partial charge is 0.227 e. The van der Waals surface area contributed by atoms with Crippen LogP contribution < -0.4 is 5.32 Å². The van der Waals surface area contributed by atoms with Crippen LogP contribution in [0.15, 0.2) is 0 Å². The molecule has 4 nitrogen and oxygen atoms in total. The minimum atomic E-state index is 0. The molecule has 1 unspecified atom stereocenters. The highest BCUT2D eigenvalue weighted by Gasteiger charge is 2.29. The lowest BCUT2D eigenvalue weighted by atomic mass is 10.0. The Balaban J connectivity index is 0.00000289. The quantitative estimate of drug-likeness (QED) is 0.770. The molecule has 1 aliphatic rings. The summed E-state index contributed by atoms with van der Waals surface area (Å²) < 4.78 is 5.11. The largest absolute Gasteiger partial charge is 0.383 e. The third kappa shape index (κ3) is 4.75. The predicted molar refractivity (Wildman–Crippen MR) is 76.2 cm³/mol. The normalized spacial score (nSPS) is 18.8. The molecule has 0 bridgehead atoms. The molecule has 0 aromatic carbocycles. The van der Waals surface area contributed by atoms with Crippen LogP contribution in [0.5, 0.6) is 0 Å². The van der Waals surface area contributed by atoms with Crippen LogP contribution in [0.25, 0.3) is 0 Å². The fourth-order valence-electron chi connectivity index (χ4n) is 2.49. The number of hydrogen-bond acceptors (Lipinski definition) is 3. The van der Waals surface area contributed by atoms with E-state index in [0.29, 0.717) is 18.6 Å². The lowest BCUT2D eigenvalue weighted by molar-refractivity contribution is -0.138. The number of ether oxygens (including phenoxy) is 1. The van der Waals surface area contributed by atoms with Crippen LogP contribution in [-0.4, -0.2) is 50.2 Å². The number of carbonyl (C=O) groups excluding carboxylic acids is 1. The molecule has 0 aromatic heterocycles. The first-order chi connectivity index (χ1) is 8.24. The molecule has 0 aliphatic carbocycles. The number of halogens is 1. The van der Waals surface area contributed by atoms with Crippen molar-refractivity contribution in [1.82, 2.24) is 10.2 Å². The van der Waals surface area contributed by atoms with Crippen LogP contribution in [0, 0.1) is 5.92 Å². The van der Waals surface area contributed by atoms with Crippen molar-refractivity contribution in [3.05, 3.63) is 0 Å². The molecule has 1 heterocycles. The van der Waals surface area contributed by atoms with Crippen molar-refractivity contribution in [2.45, 2.75) is 39.2 Å². The summed E-state index contributed by atoms with van der Waals surface area (Å²) in [6.45, 7) is 7.45. The maximum absolute atomic E-state index is 12.4. The number of carbonyl (C=O) groups is 1. The van der Waals surface area contributed by atoms with Gasteiger partial charge < -0.3 is 15.0 Å². The fourth-order valence-corrected chi connectivity index (χ4v) is 2.49. The lowest BCUT2D eigenvalue weighted by Gasteiger charge is -2.32. The van der Waals surface area contributed by atoms with E-state index in [0.717, 1.165) is 38.9 Å². The van der Waals surface area contributed by atoms with Gasteiger partial charge in [0, 0.05) is 26.2 Å². The van der Waals surface area contributed by atoms with Gasteiger partial charge in [-0.05, 0) is 25.8 Å². The summed E-state index contributed by atoms with van der Waals surface area (Å²) >= 11 is 0. The molecule has 1 aliphatic heterocycles. The number of methoxy groups -OCH3 is 1. The van der Waals surface area contributed by atoms with Crippen LogP contribution in [0.1, 0.15) is 33.1 Å². The molecular weight excluding hydrogens is 252 g/mol.